The predicted molar refractivity (Wildman–Crippen MR) is 82.8 cm³/mol. The Morgan fingerprint density at radius 1 is 1.29 bits per heavy atom. The normalized spacial score (nSPS) is 23.3. The second-order valence-corrected chi connectivity index (χ2v) is 5.93. The Morgan fingerprint density at radius 2 is 2.10 bits per heavy atom. The smallest absolute Gasteiger partial charge is 0.0945 e. The predicted octanol–water partition coefficient (Wildman–Crippen LogP) is 1.99. The number of likely N-dealkylation sites (tertiary alicyclic amines) is 1. The molecule has 2 atom stereocenters. The lowest BCUT2D eigenvalue weighted by atomic mass is 9.93. The van der Waals surface area contributed by atoms with E-state index in [4.69, 9.17) is 0 Å². The van der Waals surface area contributed by atoms with Gasteiger partial charge in [-0.3, -0.25) is 4.90 Å². The molecule has 3 rings (SSSR count). The molecule has 4 nitrogen and oxygen atoms in total. The minimum atomic E-state index is -0.243. The van der Waals surface area contributed by atoms with Crippen LogP contribution in [0.3, 0.4) is 0 Å². The molecule has 4 heteroatoms. The quantitative estimate of drug-likeness (QED) is 0.934. The van der Waals surface area contributed by atoms with Gasteiger partial charge in [0.05, 0.1) is 18.1 Å². The molecule has 2 aromatic rings. The van der Waals surface area contributed by atoms with E-state index in [1.165, 1.54) is 11.3 Å². The first kappa shape index (κ1) is 14.3. The molecule has 112 valence electrons. The number of hydrogen-bond donors (Lipinski definition) is 1. The Hall–Kier alpha value is -1.65. The van der Waals surface area contributed by atoms with Crippen LogP contribution in [0.25, 0.3) is 0 Å². The molecule has 0 saturated carbocycles. The molecular formula is C17H23N3O. The van der Waals surface area contributed by atoms with Gasteiger partial charge in [-0.1, -0.05) is 30.3 Å². The molecule has 1 N–H and O–H groups in total. The van der Waals surface area contributed by atoms with Gasteiger partial charge in [0.1, 0.15) is 0 Å². The lowest BCUT2D eigenvalue weighted by Gasteiger charge is -2.39. The van der Waals surface area contributed by atoms with Gasteiger partial charge >= 0.3 is 0 Å². The van der Waals surface area contributed by atoms with Crippen molar-refractivity contribution >= 4 is 0 Å². The Labute approximate surface area is 126 Å². The second-order valence-electron chi connectivity index (χ2n) is 5.93. The number of aliphatic hydroxyl groups excluding tert-OH is 1. The second kappa shape index (κ2) is 6.41. The molecule has 1 saturated heterocycles. The summed E-state index contributed by atoms with van der Waals surface area (Å²) in [6, 6.07) is 10.6. The number of benzene rings is 1. The van der Waals surface area contributed by atoms with Crippen molar-refractivity contribution in [3.63, 3.8) is 0 Å². The summed E-state index contributed by atoms with van der Waals surface area (Å²) < 4.78 is 2.06. The number of nitrogens with zero attached hydrogens (tertiary/aromatic N) is 3. The van der Waals surface area contributed by atoms with Gasteiger partial charge in [-0.05, 0) is 31.4 Å². The van der Waals surface area contributed by atoms with E-state index in [9.17, 15) is 5.11 Å². The van der Waals surface area contributed by atoms with Crippen LogP contribution in [0.2, 0.25) is 0 Å². The first-order valence-electron chi connectivity index (χ1n) is 7.65. The van der Waals surface area contributed by atoms with Gasteiger partial charge in [0.25, 0.3) is 0 Å². The fraction of sp³-hybridized carbons (Fsp3) is 0.471. The highest BCUT2D eigenvalue weighted by atomic mass is 16.3. The topological polar surface area (TPSA) is 41.3 Å². The fourth-order valence-corrected chi connectivity index (χ4v) is 3.17. The third kappa shape index (κ3) is 3.34. The maximum Gasteiger partial charge on any atom is 0.0945 e. The molecule has 1 fully saturated rings. The van der Waals surface area contributed by atoms with Crippen LogP contribution in [0, 0.1) is 0 Å². The van der Waals surface area contributed by atoms with Crippen molar-refractivity contribution in [1.29, 1.82) is 0 Å². The summed E-state index contributed by atoms with van der Waals surface area (Å²) in [7, 11) is 2.02. The third-order valence-electron chi connectivity index (χ3n) is 4.43. The third-order valence-corrected chi connectivity index (χ3v) is 4.43. The number of aliphatic hydroxyl groups is 1. The van der Waals surface area contributed by atoms with E-state index in [0.717, 1.165) is 32.4 Å². The summed E-state index contributed by atoms with van der Waals surface area (Å²) in [5.74, 6) is 0. The highest BCUT2D eigenvalue weighted by Crippen LogP contribution is 2.23. The molecule has 1 aromatic carbocycles. The van der Waals surface area contributed by atoms with Crippen LogP contribution in [-0.4, -0.2) is 38.2 Å². The van der Waals surface area contributed by atoms with Gasteiger partial charge in [0.2, 0.25) is 0 Å². The van der Waals surface area contributed by atoms with Gasteiger partial charge in [-0.15, -0.1) is 0 Å². The summed E-state index contributed by atoms with van der Waals surface area (Å²) in [5.41, 5.74) is 2.49. The first-order valence-corrected chi connectivity index (χ1v) is 7.65. The average Bonchev–Trinajstić information content (AvgIpc) is 2.89. The fourth-order valence-electron chi connectivity index (χ4n) is 3.17. The van der Waals surface area contributed by atoms with Crippen LogP contribution in [0.4, 0.5) is 0 Å². The van der Waals surface area contributed by atoms with Crippen LogP contribution in [0.1, 0.15) is 24.1 Å². The Balaban J connectivity index is 1.75. The monoisotopic (exact) mass is 285 g/mol. The summed E-state index contributed by atoms with van der Waals surface area (Å²) in [6.45, 7) is 1.89. The van der Waals surface area contributed by atoms with Crippen molar-refractivity contribution in [2.45, 2.75) is 38.0 Å². The largest absolute Gasteiger partial charge is 0.391 e. The van der Waals surface area contributed by atoms with Crippen molar-refractivity contribution in [2.75, 3.05) is 6.54 Å². The number of imidazole rings is 1. The SMILES string of the molecule is Cn1cncc1CN1CCC[C@H](O)[C@@H]1Cc1ccccc1. The van der Waals surface area contributed by atoms with E-state index in [0.29, 0.717) is 0 Å². The molecule has 2 heterocycles. The Bertz CT molecular complexity index is 566. The highest BCUT2D eigenvalue weighted by Gasteiger charge is 2.30. The summed E-state index contributed by atoms with van der Waals surface area (Å²) in [6.07, 6.45) is 6.37. The number of rotatable bonds is 4. The van der Waals surface area contributed by atoms with Crippen molar-refractivity contribution < 1.29 is 5.11 Å². The van der Waals surface area contributed by atoms with E-state index in [2.05, 4.69) is 38.7 Å². The van der Waals surface area contributed by atoms with Gasteiger partial charge in [-0.25, -0.2) is 4.98 Å². The molecule has 0 amide bonds. The number of aryl methyl sites for hydroxylation is 1. The Kier molecular flexibility index (Phi) is 4.36. The molecular weight excluding hydrogens is 262 g/mol. The van der Waals surface area contributed by atoms with Crippen LogP contribution in [-0.2, 0) is 20.0 Å². The standard InChI is InChI=1S/C17H23N3O/c1-19-13-18-11-15(19)12-20-9-5-8-17(21)16(20)10-14-6-3-2-4-7-14/h2-4,6-7,11,13,16-17,21H,5,8-10,12H2,1H3/t16-,17-/m0/s1. The highest BCUT2D eigenvalue weighted by molar-refractivity contribution is 5.17. The number of aromatic nitrogens is 2. The van der Waals surface area contributed by atoms with E-state index in [1.54, 1.807) is 0 Å². The first-order chi connectivity index (χ1) is 10.2. The van der Waals surface area contributed by atoms with Crippen molar-refractivity contribution in [2.24, 2.45) is 7.05 Å². The zero-order valence-corrected chi connectivity index (χ0v) is 12.5. The maximum absolute atomic E-state index is 10.4. The molecule has 21 heavy (non-hydrogen) atoms. The van der Waals surface area contributed by atoms with E-state index < -0.39 is 0 Å². The van der Waals surface area contributed by atoms with E-state index in [-0.39, 0.29) is 12.1 Å². The summed E-state index contributed by atoms with van der Waals surface area (Å²) >= 11 is 0. The van der Waals surface area contributed by atoms with Gasteiger partial charge < -0.3 is 9.67 Å². The minimum Gasteiger partial charge on any atom is -0.391 e. The van der Waals surface area contributed by atoms with Crippen LogP contribution >= 0.6 is 0 Å². The van der Waals surface area contributed by atoms with Crippen LogP contribution in [0.15, 0.2) is 42.9 Å². The molecule has 0 spiro atoms. The lowest BCUT2D eigenvalue weighted by Crippen LogP contribution is -2.49. The van der Waals surface area contributed by atoms with Gasteiger partial charge in [0, 0.05) is 25.8 Å². The molecule has 1 aliphatic heterocycles. The average molecular weight is 285 g/mol. The number of piperidine rings is 1. The zero-order chi connectivity index (χ0) is 14.7. The van der Waals surface area contributed by atoms with E-state index in [1.807, 2.05) is 25.6 Å². The molecule has 0 unspecified atom stereocenters. The summed E-state index contributed by atoms with van der Waals surface area (Å²) in [5, 5.41) is 10.4. The summed E-state index contributed by atoms with van der Waals surface area (Å²) in [4.78, 5) is 6.59. The molecule has 1 aromatic heterocycles. The molecule has 0 aliphatic carbocycles. The Morgan fingerprint density at radius 3 is 2.81 bits per heavy atom. The number of hydrogen-bond acceptors (Lipinski definition) is 3. The van der Waals surface area contributed by atoms with Crippen molar-refractivity contribution in [1.82, 2.24) is 14.5 Å². The molecule has 0 bridgehead atoms. The zero-order valence-electron chi connectivity index (χ0n) is 12.5. The van der Waals surface area contributed by atoms with E-state index >= 15 is 0 Å². The molecule has 1 aliphatic rings. The lowest BCUT2D eigenvalue weighted by molar-refractivity contribution is 0.00576. The molecule has 0 radical (unpaired) electrons. The van der Waals surface area contributed by atoms with Gasteiger partial charge in [0.15, 0.2) is 0 Å². The van der Waals surface area contributed by atoms with Crippen molar-refractivity contribution in [3.8, 4) is 0 Å². The van der Waals surface area contributed by atoms with Gasteiger partial charge in [-0.2, -0.15) is 0 Å². The maximum atomic E-state index is 10.4. The van der Waals surface area contributed by atoms with Crippen LogP contribution < -0.4 is 0 Å². The van der Waals surface area contributed by atoms with Crippen LogP contribution in [0.5, 0.6) is 0 Å². The minimum absolute atomic E-state index is 0.191. The van der Waals surface area contributed by atoms with Crippen molar-refractivity contribution in [3.05, 3.63) is 54.1 Å².